The molecule has 0 aliphatic heterocycles. The first kappa shape index (κ1) is 19.4. The lowest BCUT2D eigenvalue weighted by molar-refractivity contribution is -0.127. The number of hydrogen-bond acceptors (Lipinski definition) is 5. The van der Waals surface area contributed by atoms with Crippen molar-refractivity contribution in [2.75, 3.05) is 12.3 Å². The summed E-state index contributed by atoms with van der Waals surface area (Å²) in [5.41, 5.74) is 5.24. The highest BCUT2D eigenvalue weighted by atomic mass is 32.2. The third-order valence-corrected chi connectivity index (χ3v) is 4.12. The van der Waals surface area contributed by atoms with Crippen molar-refractivity contribution in [2.24, 2.45) is 5.73 Å². The van der Waals surface area contributed by atoms with Crippen LogP contribution in [0.2, 0.25) is 0 Å². The molecule has 0 spiro atoms. The lowest BCUT2D eigenvalue weighted by Gasteiger charge is -2.19. The molecule has 7 nitrogen and oxygen atoms in total. The van der Waals surface area contributed by atoms with Gasteiger partial charge in [0.15, 0.2) is 0 Å². The fraction of sp³-hybridized carbons (Fsp3) is 0.692. The predicted octanol–water partition coefficient (Wildman–Crippen LogP) is -0.416. The smallest absolute Gasteiger partial charge is 0.243 e. The van der Waals surface area contributed by atoms with Gasteiger partial charge in [0, 0.05) is 25.6 Å². The van der Waals surface area contributed by atoms with Gasteiger partial charge in [0.2, 0.25) is 17.7 Å². The van der Waals surface area contributed by atoms with Crippen LogP contribution < -0.4 is 16.4 Å². The number of rotatable bonds is 10. The van der Waals surface area contributed by atoms with Crippen molar-refractivity contribution >= 4 is 35.3 Å². The summed E-state index contributed by atoms with van der Waals surface area (Å²) in [6, 6.07) is -0.757. The Bertz CT molecular complexity index is 401. The van der Waals surface area contributed by atoms with Gasteiger partial charge in [-0.1, -0.05) is 6.92 Å². The van der Waals surface area contributed by atoms with Gasteiger partial charge in [0.25, 0.3) is 0 Å². The predicted molar refractivity (Wildman–Crippen MR) is 81.6 cm³/mol. The SMILES string of the molecule is CCC(SCC(NC(C)=O)C(=O)NCCC(C)=O)C(N)=O. The number of Topliss-reactive ketones (excluding diaryl/α,β-unsaturated/α-hetero) is 1. The molecule has 0 saturated heterocycles. The van der Waals surface area contributed by atoms with Crippen molar-refractivity contribution in [1.29, 1.82) is 0 Å². The van der Waals surface area contributed by atoms with Gasteiger partial charge < -0.3 is 16.4 Å². The summed E-state index contributed by atoms with van der Waals surface area (Å²) < 4.78 is 0. The molecule has 0 aliphatic carbocycles. The maximum atomic E-state index is 12.0. The molecule has 2 atom stereocenters. The molecule has 0 saturated carbocycles. The van der Waals surface area contributed by atoms with Gasteiger partial charge in [-0.3, -0.25) is 19.2 Å². The third kappa shape index (κ3) is 9.06. The van der Waals surface area contributed by atoms with E-state index in [2.05, 4.69) is 10.6 Å². The number of nitrogens with two attached hydrogens (primary N) is 1. The summed E-state index contributed by atoms with van der Waals surface area (Å²) in [6.07, 6.45) is 0.795. The Kier molecular flexibility index (Phi) is 9.44. The Hall–Kier alpha value is -1.57. The van der Waals surface area contributed by atoms with Crippen LogP contribution in [0, 0.1) is 0 Å². The molecule has 0 radical (unpaired) electrons. The van der Waals surface area contributed by atoms with Crippen molar-refractivity contribution in [3.63, 3.8) is 0 Å². The van der Waals surface area contributed by atoms with Crippen molar-refractivity contribution in [3.05, 3.63) is 0 Å². The maximum absolute atomic E-state index is 12.0. The van der Waals surface area contributed by atoms with Gasteiger partial charge in [-0.05, 0) is 13.3 Å². The van der Waals surface area contributed by atoms with Crippen molar-refractivity contribution in [3.8, 4) is 0 Å². The van der Waals surface area contributed by atoms with Crippen LogP contribution in [0.1, 0.15) is 33.6 Å². The molecule has 0 bridgehead atoms. The lowest BCUT2D eigenvalue weighted by Crippen LogP contribution is -2.48. The van der Waals surface area contributed by atoms with Crippen LogP contribution in [-0.4, -0.2) is 47.1 Å². The quantitative estimate of drug-likeness (QED) is 0.506. The molecule has 4 N–H and O–H groups in total. The average Bonchev–Trinajstić information content (AvgIpc) is 2.36. The van der Waals surface area contributed by atoms with Crippen LogP contribution in [-0.2, 0) is 19.2 Å². The molecule has 21 heavy (non-hydrogen) atoms. The van der Waals surface area contributed by atoms with E-state index in [0.717, 1.165) is 0 Å². The highest BCUT2D eigenvalue weighted by molar-refractivity contribution is 8.00. The average molecular weight is 317 g/mol. The Morgan fingerprint density at radius 1 is 1.19 bits per heavy atom. The van der Waals surface area contributed by atoms with Gasteiger partial charge in [-0.25, -0.2) is 0 Å². The van der Waals surface area contributed by atoms with Crippen LogP contribution in [0.5, 0.6) is 0 Å². The number of hydrogen-bond donors (Lipinski definition) is 3. The summed E-state index contributed by atoms with van der Waals surface area (Å²) in [7, 11) is 0. The Morgan fingerprint density at radius 3 is 2.24 bits per heavy atom. The zero-order valence-electron chi connectivity index (χ0n) is 12.6. The van der Waals surface area contributed by atoms with Crippen molar-refractivity contribution in [1.82, 2.24) is 10.6 Å². The summed E-state index contributed by atoms with van der Waals surface area (Å²) >= 11 is 1.23. The summed E-state index contributed by atoms with van der Waals surface area (Å²) in [5, 5.41) is 4.72. The fourth-order valence-electron chi connectivity index (χ4n) is 1.53. The van der Waals surface area contributed by atoms with E-state index in [9.17, 15) is 19.2 Å². The number of amides is 3. The highest BCUT2D eigenvalue weighted by Gasteiger charge is 2.22. The second kappa shape index (κ2) is 10.2. The topological polar surface area (TPSA) is 118 Å². The molecule has 8 heteroatoms. The van der Waals surface area contributed by atoms with Crippen LogP contribution in [0.3, 0.4) is 0 Å². The van der Waals surface area contributed by atoms with Crippen LogP contribution in [0.4, 0.5) is 0 Å². The largest absolute Gasteiger partial charge is 0.369 e. The van der Waals surface area contributed by atoms with E-state index in [0.29, 0.717) is 6.42 Å². The van der Waals surface area contributed by atoms with E-state index >= 15 is 0 Å². The first-order valence-corrected chi connectivity index (χ1v) is 7.78. The number of carbonyl (C=O) groups excluding carboxylic acids is 4. The highest BCUT2D eigenvalue weighted by Crippen LogP contribution is 2.15. The van der Waals surface area contributed by atoms with E-state index in [1.54, 1.807) is 0 Å². The molecule has 0 fully saturated rings. The van der Waals surface area contributed by atoms with Gasteiger partial charge >= 0.3 is 0 Å². The molecule has 3 amide bonds. The summed E-state index contributed by atoms with van der Waals surface area (Å²) in [6.45, 7) is 4.79. The number of ketones is 1. The second-order valence-corrected chi connectivity index (χ2v) is 5.86. The van der Waals surface area contributed by atoms with Gasteiger partial charge in [-0.2, -0.15) is 0 Å². The molecule has 0 aromatic rings. The van der Waals surface area contributed by atoms with Crippen molar-refractivity contribution < 1.29 is 19.2 Å². The number of primary amides is 1. The second-order valence-electron chi connectivity index (χ2n) is 4.63. The molecular formula is C13H23N3O4S. The molecule has 2 unspecified atom stereocenters. The number of carbonyl (C=O) groups is 4. The van der Waals surface area contributed by atoms with E-state index in [-0.39, 0.29) is 36.3 Å². The molecule has 0 aliphatic rings. The van der Waals surface area contributed by atoms with Gasteiger partial charge in [-0.15, -0.1) is 11.8 Å². The monoisotopic (exact) mass is 317 g/mol. The molecular weight excluding hydrogens is 294 g/mol. The first-order chi connectivity index (χ1) is 9.77. The van der Waals surface area contributed by atoms with E-state index in [4.69, 9.17) is 5.73 Å². The minimum absolute atomic E-state index is 0.0273. The third-order valence-electron chi connectivity index (χ3n) is 2.62. The van der Waals surface area contributed by atoms with E-state index in [1.165, 1.54) is 25.6 Å². The molecule has 0 rings (SSSR count). The van der Waals surface area contributed by atoms with Crippen LogP contribution >= 0.6 is 11.8 Å². The lowest BCUT2D eigenvalue weighted by atomic mass is 10.2. The summed E-state index contributed by atoms with van der Waals surface area (Å²) in [4.78, 5) is 45.1. The Labute approximate surface area is 128 Å². The first-order valence-electron chi connectivity index (χ1n) is 6.73. The van der Waals surface area contributed by atoms with Crippen molar-refractivity contribution in [2.45, 2.75) is 44.9 Å². The summed E-state index contributed by atoms with van der Waals surface area (Å²) in [5.74, 6) is -0.943. The molecule has 0 aromatic heterocycles. The molecule has 0 heterocycles. The van der Waals surface area contributed by atoms with Crippen LogP contribution in [0.15, 0.2) is 0 Å². The number of thioether (sulfide) groups is 1. The standard InChI is InChI=1S/C13H23N3O4S/c1-4-11(12(14)19)21-7-10(16-9(3)18)13(20)15-6-5-8(2)17/h10-11H,4-7H2,1-3H3,(H2,14,19)(H,15,20)(H,16,18). The fourth-order valence-corrected chi connectivity index (χ4v) is 2.59. The minimum Gasteiger partial charge on any atom is -0.369 e. The normalized spacial score (nSPS) is 13.1. The van der Waals surface area contributed by atoms with Crippen LogP contribution in [0.25, 0.3) is 0 Å². The van der Waals surface area contributed by atoms with E-state index in [1.807, 2.05) is 6.92 Å². The molecule has 120 valence electrons. The minimum atomic E-state index is -0.757. The molecule has 0 aromatic carbocycles. The Morgan fingerprint density at radius 2 is 1.81 bits per heavy atom. The zero-order chi connectivity index (χ0) is 16.4. The van der Waals surface area contributed by atoms with Gasteiger partial charge in [0.1, 0.15) is 11.8 Å². The maximum Gasteiger partial charge on any atom is 0.243 e. The Balaban J connectivity index is 4.49. The zero-order valence-corrected chi connectivity index (χ0v) is 13.4. The van der Waals surface area contributed by atoms with E-state index < -0.39 is 17.2 Å². The number of nitrogens with one attached hydrogen (secondary N) is 2. The van der Waals surface area contributed by atoms with Gasteiger partial charge in [0.05, 0.1) is 5.25 Å².